The van der Waals surface area contributed by atoms with Crippen molar-refractivity contribution in [3.05, 3.63) is 53.8 Å². The second kappa shape index (κ2) is 10.5. The smallest absolute Gasteiger partial charge is 0.134 e. The van der Waals surface area contributed by atoms with Crippen molar-refractivity contribution in [2.75, 3.05) is 6.61 Å². The Labute approximate surface area is 168 Å². The molecule has 0 saturated carbocycles. The van der Waals surface area contributed by atoms with E-state index in [1.165, 1.54) is 32.1 Å². The van der Waals surface area contributed by atoms with Gasteiger partial charge in [-0.05, 0) is 53.1 Å². The quantitative estimate of drug-likeness (QED) is 0.240. The fourth-order valence-corrected chi connectivity index (χ4v) is 3.85. The minimum absolute atomic E-state index is 0.0452. The third-order valence-corrected chi connectivity index (χ3v) is 5.57. The topological polar surface area (TPSA) is 9.23 Å². The van der Waals surface area contributed by atoms with Crippen molar-refractivity contribution in [2.24, 2.45) is 0 Å². The standard InChI is InChI=1S/C26H33FO/c1-3-5-7-8-9-10-11-20-12-15-24-23-17-14-22(28-18-6-4-2)19-21(23)13-16-25(24)26(20)27/h12-17,19H,3-11,18H2,1-2H3. The van der Waals surface area contributed by atoms with Gasteiger partial charge >= 0.3 is 0 Å². The number of rotatable bonds is 11. The van der Waals surface area contributed by atoms with Gasteiger partial charge < -0.3 is 4.74 Å². The van der Waals surface area contributed by atoms with E-state index in [1.807, 2.05) is 24.3 Å². The monoisotopic (exact) mass is 380 g/mol. The van der Waals surface area contributed by atoms with Gasteiger partial charge in [0.05, 0.1) is 6.61 Å². The minimum Gasteiger partial charge on any atom is -0.494 e. The van der Waals surface area contributed by atoms with Crippen molar-refractivity contribution < 1.29 is 9.13 Å². The first-order chi connectivity index (χ1) is 13.7. The van der Waals surface area contributed by atoms with Gasteiger partial charge in [0.1, 0.15) is 11.6 Å². The molecule has 0 bridgehead atoms. The van der Waals surface area contributed by atoms with Crippen molar-refractivity contribution in [3.63, 3.8) is 0 Å². The molecule has 3 rings (SSSR count). The lowest BCUT2D eigenvalue weighted by Gasteiger charge is -2.11. The second-order valence-corrected chi connectivity index (χ2v) is 7.80. The molecular weight excluding hydrogens is 347 g/mol. The Hall–Kier alpha value is -2.09. The summed E-state index contributed by atoms with van der Waals surface area (Å²) in [5.41, 5.74) is 0.849. The van der Waals surface area contributed by atoms with E-state index in [4.69, 9.17) is 4.74 Å². The van der Waals surface area contributed by atoms with E-state index < -0.39 is 0 Å². The second-order valence-electron chi connectivity index (χ2n) is 7.80. The summed E-state index contributed by atoms with van der Waals surface area (Å²) in [6.45, 7) is 5.13. The Kier molecular flexibility index (Phi) is 7.71. The number of hydrogen-bond acceptors (Lipinski definition) is 1. The predicted molar refractivity (Wildman–Crippen MR) is 119 cm³/mol. The first kappa shape index (κ1) is 20.6. The lowest BCUT2D eigenvalue weighted by atomic mass is 9.97. The molecule has 0 fully saturated rings. The lowest BCUT2D eigenvalue weighted by Crippen LogP contribution is -1.96. The van der Waals surface area contributed by atoms with Gasteiger partial charge in [0.2, 0.25) is 0 Å². The Morgan fingerprint density at radius 2 is 1.43 bits per heavy atom. The predicted octanol–water partition coefficient (Wildman–Crippen LogP) is 8.21. The van der Waals surface area contributed by atoms with Gasteiger partial charge in [-0.2, -0.15) is 0 Å². The van der Waals surface area contributed by atoms with Crippen molar-refractivity contribution >= 4 is 21.5 Å². The van der Waals surface area contributed by atoms with Crippen LogP contribution in [0.3, 0.4) is 0 Å². The molecule has 1 nitrogen and oxygen atoms in total. The summed E-state index contributed by atoms with van der Waals surface area (Å²) < 4.78 is 20.9. The highest BCUT2D eigenvalue weighted by Gasteiger charge is 2.10. The maximum Gasteiger partial charge on any atom is 0.134 e. The van der Waals surface area contributed by atoms with Crippen LogP contribution in [-0.2, 0) is 6.42 Å². The van der Waals surface area contributed by atoms with Gasteiger partial charge in [-0.25, -0.2) is 4.39 Å². The molecule has 150 valence electrons. The fourth-order valence-electron chi connectivity index (χ4n) is 3.85. The lowest BCUT2D eigenvalue weighted by molar-refractivity contribution is 0.310. The first-order valence-electron chi connectivity index (χ1n) is 11.0. The van der Waals surface area contributed by atoms with Crippen LogP contribution in [0.1, 0.15) is 70.8 Å². The van der Waals surface area contributed by atoms with Gasteiger partial charge in [-0.3, -0.25) is 0 Å². The molecule has 0 spiro atoms. The van der Waals surface area contributed by atoms with Gasteiger partial charge in [0.15, 0.2) is 0 Å². The normalized spacial score (nSPS) is 11.4. The van der Waals surface area contributed by atoms with Gasteiger partial charge in [0.25, 0.3) is 0 Å². The summed E-state index contributed by atoms with van der Waals surface area (Å²) in [5, 5.41) is 3.91. The van der Waals surface area contributed by atoms with Crippen LogP contribution in [0.5, 0.6) is 5.75 Å². The van der Waals surface area contributed by atoms with Crippen molar-refractivity contribution in [1.29, 1.82) is 0 Å². The largest absolute Gasteiger partial charge is 0.494 e. The molecule has 3 aromatic carbocycles. The molecule has 2 heteroatoms. The minimum atomic E-state index is -0.0452. The number of hydrogen-bond donors (Lipinski definition) is 0. The third kappa shape index (κ3) is 5.04. The SMILES string of the molecule is CCCCCCCCc1ccc2c(ccc3cc(OCCCC)ccc32)c1F. The Balaban J connectivity index is 1.75. The molecule has 0 aliphatic carbocycles. The van der Waals surface area contributed by atoms with Crippen molar-refractivity contribution in [2.45, 2.75) is 71.6 Å². The molecule has 0 heterocycles. The van der Waals surface area contributed by atoms with E-state index in [9.17, 15) is 0 Å². The van der Waals surface area contributed by atoms with Crippen LogP contribution in [0.25, 0.3) is 21.5 Å². The highest BCUT2D eigenvalue weighted by atomic mass is 19.1. The Morgan fingerprint density at radius 3 is 2.25 bits per heavy atom. The highest BCUT2D eigenvalue weighted by molar-refractivity contribution is 6.08. The molecule has 0 aliphatic heterocycles. The molecule has 0 N–H and O–H groups in total. The Morgan fingerprint density at radius 1 is 0.714 bits per heavy atom. The number of halogens is 1. The van der Waals surface area contributed by atoms with Gasteiger partial charge in [-0.15, -0.1) is 0 Å². The molecule has 0 aliphatic rings. The van der Waals surface area contributed by atoms with E-state index in [-0.39, 0.29) is 5.82 Å². The van der Waals surface area contributed by atoms with Crippen LogP contribution in [0.15, 0.2) is 42.5 Å². The molecule has 3 aromatic rings. The molecule has 0 radical (unpaired) electrons. The maximum atomic E-state index is 15.1. The summed E-state index contributed by atoms with van der Waals surface area (Å²) in [6.07, 6.45) is 10.4. The number of ether oxygens (including phenoxy) is 1. The van der Waals surface area contributed by atoms with Gasteiger partial charge in [0, 0.05) is 5.39 Å². The van der Waals surface area contributed by atoms with E-state index >= 15 is 4.39 Å². The molecule has 0 saturated heterocycles. The van der Waals surface area contributed by atoms with Crippen LogP contribution in [0, 0.1) is 5.82 Å². The molecule has 0 aromatic heterocycles. The third-order valence-electron chi connectivity index (χ3n) is 5.57. The molecule has 28 heavy (non-hydrogen) atoms. The summed E-state index contributed by atoms with van der Waals surface area (Å²) in [7, 11) is 0. The van der Waals surface area contributed by atoms with Crippen molar-refractivity contribution in [1.82, 2.24) is 0 Å². The molecule has 0 amide bonds. The van der Waals surface area contributed by atoms with E-state index in [2.05, 4.69) is 32.0 Å². The summed E-state index contributed by atoms with van der Waals surface area (Å²) >= 11 is 0. The van der Waals surface area contributed by atoms with Crippen LogP contribution in [0.4, 0.5) is 4.39 Å². The summed E-state index contributed by atoms with van der Waals surface area (Å²) in [6, 6.07) is 14.1. The van der Waals surface area contributed by atoms with Crippen LogP contribution < -0.4 is 4.74 Å². The average Bonchev–Trinajstić information content (AvgIpc) is 2.72. The zero-order chi connectivity index (χ0) is 19.8. The van der Waals surface area contributed by atoms with Gasteiger partial charge in [-0.1, -0.05) is 82.7 Å². The zero-order valence-corrected chi connectivity index (χ0v) is 17.4. The number of unbranched alkanes of at least 4 members (excludes halogenated alkanes) is 6. The van der Waals surface area contributed by atoms with E-state index in [1.54, 1.807) is 0 Å². The number of benzene rings is 3. The van der Waals surface area contributed by atoms with E-state index in [0.717, 1.165) is 65.1 Å². The molecule has 0 atom stereocenters. The van der Waals surface area contributed by atoms with Crippen LogP contribution >= 0.6 is 0 Å². The zero-order valence-electron chi connectivity index (χ0n) is 17.4. The number of aryl methyl sites for hydroxylation is 1. The summed E-state index contributed by atoms with van der Waals surface area (Å²) in [5.74, 6) is 0.844. The van der Waals surface area contributed by atoms with Crippen molar-refractivity contribution in [3.8, 4) is 5.75 Å². The fraction of sp³-hybridized carbons (Fsp3) is 0.462. The summed E-state index contributed by atoms with van der Waals surface area (Å²) in [4.78, 5) is 0. The molecular formula is C26H33FO. The first-order valence-corrected chi connectivity index (χ1v) is 11.0. The average molecular weight is 381 g/mol. The molecule has 0 unspecified atom stereocenters. The van der Waals surface area contributed by atoms with Crippen LogP contribution in [-0.4, -0.2) is 6.61 Å². The van der Waals surface area contributed by atoms with Crippen LogP contribution in [0.2, 0.25) is 0 Å². The highest BCUT2D eigenvalue weighted by Crippen LogP contribution is 2.31. The maximum absolute atomic E-state index is 15.1. The van der Waals surface area contributed by atoms with E-state index in [0.29, 0.717) is 0 Å². The Bertz CT molecular complexity index is 900. The number of fused-ring (bicyclic) bond motifs is 3.